The summed E-state index contributed by atoms with van der Waals surface area (Å²) in [5.41, 5.74) is 1.79. The van der Waals surface area contributed by atoms with E-state index in [1.165, 1.54) is 4.90 Å². The molecule has 0 spiro atoms. The number of carbonyl (C=O) groups is 2. The van der Waals surface area contributed by atoms with Crippen LogP contribution in [0.15, 0.2) is 48.5 Å². The predicted octanol–water partition coefficient (Wildman–Crippen LogP) is 3.88. The number of hydrogen-bond donors (Lipinski definition) is 1. The molecule has 0 saturated heterocycles. The first-order chi connectivity index (χ1) is 16.7. The summed E-state index contributed by atoms with van der Waals surface area (Å²) < 4.78 is 31.9. The van der Waals surface area contributed by atoms with Gasteiger partial charge in [0.15, 0.2) is 0 Å². The largest absolute Gasteiger partial charge is 0.494 e. The van der Waals surface area contributed by atoms with E-state index in [1.807, 2.05) is 65.8 Å². The highest BCUT2D eigenvalue weighted by Crippen LogP contribution is 2.23. The highest BCUT2D eigenvalue weighted by Gasteiger charge is 2.33. The average Bonchev–Trinajstić information content (AvgIpc) is 2.77. The first-order valence-electron chi connectivity index (χ1n) is 12.1. The number of anilines is 1. The lowest BCUT2D eigenvalue weighted by Crippen LogP contribution is -2.55. The van der Waals surface area contributed by atoms with Crippen molar-refractivity contribution in [3.05, 3.63) is 59.7 Å². The fourth-order valence-corrected chi connectivity index (χ4v) is 4.60. The topological polar surface area (TPSA) is 96.0 Å². The molecule has 2 rings (SSSR count). The van der Waals surface area contributed by atoms with Crippen molar-refractivity contribution in [1.82, 2.24) is 10.2 Å². The second-order valence-corrected chi connectivity index (χ2v) is 11.8. The van der Waals surface area contributed by atoms with Crippen molar-refractivity contribution in [3.63, 3.8) is 0 Å². The number of carbonyl (C=O) groups excluding carboxylic acids is 2. The lowest BCUT2D eigenvalue weighted by atomic mass is 10.1. The van der Waals surface area contributed by atoms with Gasteiger partial charge < -0.3 is 15.0 Å². The van der Waals surface area contributed by atoms with Crippen LogP contribution in [0.4, 0.5) is 5.69 Å². The van der Waals surface area contributed by atoms with Gasteiger partial charge in [0.1, 0.15) is 18.3 Å². The molecule has 0 unspecified atom stereocenters. The Hall–Kier alpha value is -3.07. The van der Waals surface area contributed by atoms with Gasteiger partial charge in [-0.1, -0.05) is 36.8 Å². The van der Waals surface area contributed by atoms with Crippen molar-refractivity contribution in [2.75, 3.05) is 23.7 Å². The number of nitrogens with one attached hydrogen (secondary N) is 1. The minimum absolute atomic E-state index is 0.177. The summed E-state index contributed by atoms with van der Waals surface area (Å²) >= 11 is 0. The lowest BCUT2D eigenvalue weighted by Gasteiger charge is -2.34. The van der Waals surface area contributed by atoms with Crippen molar-refractivity contribution >= 4 is 27.5 Å². The van der Waals surface area contributed by atoms with E-state index < -0.39 is 34.1 Å². The molecular weight excluding hydrogens is 478 g/mol. The Kier molecular flexibility index (Phi) is 9.93. The molecule has 198 valence electrons. The number of rotatable bonds is 11. The number of benzene rings is 2. The van der Waals surface area contributed by atoms with Gasteiger partial charge in [0.2, 0.25) is 21.8 Å². The fourth-order valence-electron chi connectivity index (χ4n) is 3.75. The molecule has 2 aromatic rings. The maximum absolute atomic E-state index is 13.7. The van der Waals surface area contributed by atoms with Gasteiger partial charge in [0.05, 0.1) is 18.6 Å². The summed E-state index contributed by atoms with van der Waals surface area (Å²) in [5, 5.41) is 2.96. The second kappa shape index (κ2) is 12.3. The van der Waals surface area contributed by atoms with Gasteiger partial charge >= 0.3 is 0 Å². The standard InChI is InChI=1S/C27H39N3O5S/c1-8-24(26(32)28-27(4,5)6)29(18-21-12-10-20(3)11-13-21)25(31)19-30(36(7,33)34)22-14-16-23(17-15-22)35-9-2/h10-17,24H,8-9,18-19H2,1-7H3,(H,28,32)/t24-/m0/s1. The van der Waals surface area contributed by atoms with Crippen molar-refractivity contribution in [3.8, 4) is 5.75 Å². The highest BCUT2D eigenvalue weighted by atomic mass is 32.2. The van der Waals surface area contributed by atoms with Gasteiger partial charge in [-0.2, -0.15) is 0 Å². The summed E-state index contributed by atoms with van der Waals surface area (Å²) in [6.45, 7) is 11.5. The molecule has 2 aromatic carbocycles. The molecular formula is C27H39N3O5S. The molecule has 0 aliphatic carbocycles. The van der Waals surface area contributed by atoms with E-state index >= 15 is 0 Å². The molecule has 0 fully saturated rings. The van der Waals surface area contributed by atoms with Crippen LogP contribution in [0.3, 0.4) is 0 Å². The maximum atomic E-state index is 13.7. The summed E-state index contributed by atoms with van der Waals surface area (Å²) in [6.07, 6.45) is 1.44. The van der Waals surface area contributed by atoms with Crippen LogP contribution < -0.4 is 14.4 Å². The van der Waals surface area contributed by atoms with E-state index in [9.17, 15) is 18.0 Å². The Morgan fingerprint density at radius 2 is 1.58 bits per heavy atom. The molecule has 1 N–H and O–H groups in total. The van der Waals surface area contributed by atoms with Crippen LogP contribution in [-0.2, 0) is 26.2 Å². The van der Waals surface area contributed by atoms with E-state index in [4.69, 9.17) is 4.74 Å². The Morgan fingerprint density at radius 1 is 1.00 bits per heavy atom. The first-order valence-corrected chi connectivity index (χ1v) is 14.0. The molecule has 0 saturated carbocycles. The van der Waals surface area contributed by atoms with Gasteiger partial charge in [0, 0.05) is 12.1 Å². The fraction of sp³-hybridized carbons (Fsp3) is 0.481. The van der Waals surface area contributed by atoms with E-state index in [0.717, 1.165) is 21.7 Å². The van der Waals surface area contributed by atoms with Gasteiger partial charge in [-0.25, -0.2) is 8.42 Å². The Balaban J connectivity index is 2.42. The van der Waals surface area contributed by atoms with Crippen LogP contribution in [-0.4, -0.2) is 56.1 Å². The van der Waals surface area contributed by atoms with Crippen molar-refractivity contribution in [1.29, 1.82) is 0 Å². The van der Waals surface area contributed by atoms with E-state index in [0.29, 0.717) is 24.5 Å². The Labute approximate surface area is 215 Å². The molecule has 1 atom stereocenters. The molecule has 0 heterocycles. The highest BCUT2D eigenvalue weighted by molar-refractivity contribution is 7.92. The molecule has 2 amide bonds. The molecule has 0 radical (unpaired) electrons. The van der Waals surface area contributed by atoms with Crippen LogP contribution in [0.2, 0.25) is 0 Å². The number of aryl methyl sites for hydroxylation is 1. The molecule has 0 aromatic heterocycles. The SMILES string of the molecule is CCOc1ccc(N(CC(=O)N(Cc2ccc(C)cc2)[C@@H](CC)C(=O)NC(C)(C)C)S(C)(=O)=O)cc1. The normalized spacial score (nSPS) is 12.5. The van der Waals surface area contributed by atoms with Crippen molar-refractivity contribution in [2.45, 2.75) is 66.1 Å². The summed E-state index contributed by atoms with van der Waals surface area (Å²) in [6, 6.07) is 13.5. The first kappa shape index (κ1) is 29.2. The molecule has 8 nitrogen and oxygen atoms in total. The monoisotopic (exact) mass is 517 g/mol. The van der Waals surface area contributed by atoms with Crippen LogP contribution in [0.5, 0.6) is 5.75 Å². The number of sulfonamides is 1. The second-order valence-electron chi connectivity index (χ2n) is 9.87. The van der Waals surface area contributed by atoms with Gasteiger partial charge in [0.25, 0.3) is 0 Å². The Morgan fingerprint density at radius 3 is 2.06 bits per heavy atom. The number of ether oxygens (including phenoxy) is 1. The van der Waals surface area contributed by atoms with Crippen molar-refractivity contribution in [2.24, 2.45) is 0 Å². The van der Waals surface area contributed by atoms with Crippen LogP contribution in [0.25, 0.3) is 0 Å². The molecule has 0 bridgehead atoms. The zero-order valence-corrected chi connectivity index (χ0v) is 23.2. The third-order valence-electron chi connectivity index (χ3n) is 5.47. The van der Waals surface area contributed by atoms with E-state index in [1.54, 1.807) is 24.3 Å². The maximum Gasteiger partial charge on any atom is 0.244 e. The summed E-state index contributed by atoms with van der Waals surface area (Å²) in [7, 11) is -3.79. The van der Waals surface area contributed by atoms with Gasteiger partial charge in [-0.15, -0.1) is 0 Å². The zero-order chi connectivity index (χ0) is 27.1. The smallest absolute Gasteiger partial charge is 0.244 e. The summed E-state index contributed by atoms with van der Waals surface area (Å²) in [5.74, 6) is -0.143. The molecule has 9 heteroatoms. The number of nitrogens with zero attached hydrogens (tertiary/aromatic N) is 2. The van der Waals surface area contributed by atoms with E-state index in [2.05, 4.69) is 5.32 Å². The molecule has 36 heavy (non-hydrogen) atoms. The average molecular weight is 518 g/mol. The minimum Gasteiger partial charge on any atom is -0.494 e. The molecule has 0 aliphatic heterocycles. The zero-order valence-electron chi connectivity index (χ0n) is 22.4. The predicted molar refractivity (Wildman–Crippen MR) is 144 cm³/mol. The minimum atomic E-state index is -3.79. The Bertz CT molecular complexity index is 1120. The van der Waals surface area contributed by atoms with Gasteiger partial charge in [-0.05, 0) is 70.9 Å². The number of amides is 2. The summed E-state index contributed by atoms with van der Waals surface area (Å²) in [4.78, 5) is 28.4. The van der Waals surface area contributed by atoms with Crippen LogP contribution in [0, 0.1) is 6.92 Å². The third-order valence-corrected chi connectivity index (χ3v) is 6.61. The van der Waals surface area contributed by atoms with Crippen LogP contribution in [0.1, 0.15) is 52.2 Å². The third kappa shape index (κ3) is 8.55. The van der Waals surface area contributed by atoms with Crippen molar-refractivity contribution < 1.29 is 22.7 Å². The number of hydrogen-bond acceptors (Lipinski definition) is 5. The lowest BCUT2D eigenvalue weighted by molar-refractivity contribution is -0.141. The molecule has 0 aliphatic rings. The quantitative estimate of drug-likeness (QED) is 0.488. The van der Waals surface area contributed by atoms with E-state index in [-0.39, 0.29) is 12.5 Å². The van der Waals surface area contributed by atoms with Gasteiger partial charge in [-0.3, -0.25) is 13.9 Å². The van der Waals surface area contributed by atoms with Crippen LogP contribution >= 0.6 is 0 Å².